The fourth-order valence-electron chi connectivity index (χ4n) is 4.27. The molecule has 2 aromatic carbocycles. The number of anilines is 2. The number of aryl methyl sites for hydroxylation is 1. The van der Waals surface area contributed by atoms with E-state index in [9.17, 15) is 24.3 Å². The summed E-state index contributed by atoms with van der Waals surface area (Å²) in [4.78, 5) is 54.3. The largest absolute Gasteiger partial charge is 0.481 e. The van der Waals surface area contributed by atoms with Crippen molar-refractivity contribution in [3.8, 4) is 11.5 Å². The summed E-state index contributed by atoms with van der Waals surface area (Å²) in [7, 11) is 0. The van der Waals surface area contributed by atoms with Crippen LogP contribution in [-0.4, -0.2) is 65.3 Å². The SMILES string of the molecule is CSCC[C@H](NC(=O)Cc1ccc(NC(=O)Nc2ccc(C)cn2)cc1)C(=O)NC[C@@H](C(=O)O)c1ccc2c(c1)OCO2. The molecule has 4 amide bonds. The molecule has 0 radical (unpaired) electrons. The van der Waals surface area contributed by atoms with Crippen molar-refractivity contribution >= 4 is 47.1 Å². The molecule has 5 N–H and O–H groups in total. The number of urea groups is 1. The van der Waals surface area contributed by atoms with Gasteiger partial charge in [-0.2, -0.15) is 11.8 Å². The van der Waals surface area contributed by atoms with Gasteiger partial charge in [0.25, 0.3) is 0 Å². The van der Waals surface area contributed by atoms with Crippen LogP contribution in [0, 0.1) is 6.92 Å². The predicted molar refractivity (Wildman–Crippen MR) is 163 cm³/mol. The number of pyridine rings is 1. The average Bonchev–Trinajstić information content (AvgIpc) is 3.45. The molecule has 0 bridgehead atoms. The Bertz CT molecular complexity index is 1450. The van der Waals surface area contributed by atoms with Crippen LogP contribution < -0.4 is 30.7 Å². The number of carbonyl (C=O) groups is 4. The van der Waals surface area contributed by atoms with E-state index in [2.05, 4.69) is 26.3 Å². The Hall–Kier alpha value is -4.78. The first kappa shape index (κ1) is 31.2. The second kappa shape index (κ2) is 14.9. The number of nitrogens with zero attached hydrogens (tertiary/aromatic N) is 1. The fourth-order valence-corrected chi connectivity index (χ4v) is 4.74. The van der Waals surface area contributed by atoms with Crippen LogP contribution in [-0.2, 0) is 20.8 Å². The maximum absolute atomic E-state index is 13.1. The summed E-state index contributed by atoms with van der Waals surface area (Å²) >= 11 is 1.53. The number of aliphatic carboxylic acids is 1. The molecule has 0 aliphatic carbocycles. The predicted octanol–water partition coefficient (Wildman–Crippen LogP) is 3.53. The quantitative estimate of drug-likeness (QED) is 0.195. The van der Waals surface area contributed by atoms with Crippen molar-refractivity contribution in [1.29, 1.82) is 0 Å². The Kier molecular flexibility index (Phi) is 10.8. The molecule has 1 aromatic heterocycles. The lowest BCUT2D eigenvalue weighted by Crippen LogP contribution is -2.48. The minimum absolute atomic E-state index is 0.0117. The maximum atomic E-state index is 13.1. The molecule has 0 spiro atoms. The zero-order chi connectivity index (χ0) is 30.8. The van der Waals surface area contributed by atoms with Crippen molar-refractivity contribution in [1.82, 2.24) is 15.6 Å². The van der Waals surface area contributed by atoms with Gasteiger partial charge in [-0.15, -0.1) is 0 Å². The molecule has 0 saturated carbocycles. The summed E-state index contributed by atoms with van der Waals surface area (Å²) < 4.78 is 10.6. The van der Waals surface area contributed by atoms with Gasteiger partial charge >= 0.3 is 12.0 Å². The summed E-state index contributed by atoms with van der Waals surface area (Å²) in [6.45, 7) is 1.80. The Labute approximate surface area is 252 Å². The van der Waals surface area contributed by atoms with E-state index in [-0.39, 0.29) is 25.7 Å². The molecule has 4 rings (SSSR count). The molecule has 226 valence electrons. The molecule has 2 heterocycles. The highest BCUT2D eigenvalue weighted by Crippen LogP contribution is 2.34. The van der Waals surface area contributed by atoms with Gasteiger partial charge in [0, 0.05) is 18.4 Å². The van der Waals surface area contributed by atoms with E-state index >= 15 is 0 Å². The van der Waals surface area contributed by atoms with Crippen molar-refractivity contribution in [2.45, 2.75) is 31.7 Å². The summed E-state index contributed by atoms with van der Waals surface area (Å²) in [5, 5.41) is 20.6. The Morgan fingerprint density at radius 1 is 1.00 bits per heavy atom. The zero-order valence-electron chi connectivity index (χ0n) is 23.7. The van der Waals surface area contributed by atoms with Crippen molar-refractivity contribution < 1.29 is 33.8 Å². The number of nitrogens with one attached hydrogen (secondary N) is 4. The molecule has 0 fully saturated rings. The second-order valence-electron chi connectivity index (χ2n) is 9.82. The highest BCUT2D eigenvalue weighted by atomic mass is 32.2. The highest BCUT2D eigenvalue weighted by molar-refractivity contribution is 7.98. The van der Waals surface area contributed by atoms with Crippen LogP contribution in [0.15, 0.2) is 60.8 Å². The minimum Gasteiger partial charge on any atom is -0.481 e. The third-order valence-corrected chi connectivity index (χ3v) is 7.21. The van der Waals surface area contributed by atoms with Crippen LogP contribution in [0.3, 0.4) is 0 Å². The number of amides is 4. The van der Waals surface area contributed by atoms with Crippen molar-refractivity contribution in [2.75, 3.05) is 36.0 Å². The van der Waals surface area contributed by atoms with E-state index in [1.54, 1.807) is 54.7 Å². The zero-order valence-corrected chi connectivity index (χ0v) is 24.5. The average molecular weight is 608 g/mol. The lowest BCUT2D eigenvalue weighted by Gasteiger charge is -2.20. The molecule has 2 atom stereocenters. The van der Waals surface area contributed by atoms with Crippen molar-refractivity contribution in [3.63, 3.8) is 0 Å². The summed E-state index contributed by atoms with van der Waals surface area (Å²) in [6.07, 6.45) is 3.93. The third kappa shape index (κ3) is 9.10. The number of fused-ring (bicyclic) bond motifs is 1. The molecule has 1 aliphatic rings. The van der Waals surface area contributed by atoms with Gasteiger partial charge in [-0.3, -0.25) is 19.7 Å². The summed E-state index contributed by atoms with van der Waals surface area (Å²) in [5.74, 6) is -0.940. The van der Waals surface area contributed by atoms with Crippen LogP contribution >= 0.6 is 11.8 Å². The number of carbonyl (C=O) groups excluding carboxylic acids is 3. The van der Waals surface area contributed by atoms with E-state index in [1.807, 2.05) is 19.2 Å². The number of carboxylic acid groups (broad SMARTS) is 1. The molecule has 0 saturated heterocycles. The van der Waals surface area contributed by atoms with Gasteiger partial charge in [0.15, 0.2) is 11.5 Å². The van der Waals surface area contributed by atoms with Crippen LogP contribution in [0.2, 0.25) is 0 Å². The molecule has 43 heavy (non-hydrogen) atoms. The van der Waals surface area contributed by atoms with E-state index < -0.39 is 29.9 Å². The number of benzene rings is 2. The first-order chi connectivity index (χ1) is 20.7. The van der Waals surface area contributed by atoms with Gasteiger partial charge in [-0.25, -0.2) is 9.78 Å². The maximum Gasteiger partial charge on any atom is 0.324 e. The number of ether oxygens (including phenoxy) is 2. The lowest BCUT2D eigenvalue weighted by molar-refractivity contribution is -0.139. The van der Waals surface area contributed by atoms with Gasteiger partial charge in [-0.1, -0.05) is 24.3 Å². The van der Waals surface area contributed by atoms with Crippen LogP contribution in [0.1, 0.15) is 29.0 Å². The highest BCUT2D eigenvalue weighted by Gasteiger charge is 2.26. The van der Waals surface area contributed by atoms with Crippen LogP contribution in [0.25, 0.3) is 0 Å². The number of aromatic nitrogens is 1. The van der Waals surface area contributed by atoms with Gasteiger partial charge in [0.1, 0.15) is 11.9 Å². The van der Waals surface area contributed by atoms with Gasteiger partial charge in [0.2, 0.25) is 18.6 Å². The molecule has 12 nitrogen and oxygen atoms in total. The molecular weight excluding hydrogens is 574 g/mol. The monoisotopic (exact) mass is 607 g/mol. The van der Waals surface area contributed by atoms with E-state index in [1.165, 1.54) is 11.8 Å². The first-order valence-electron chi connectivity index (χ1n) is 13.5. The van der Waals surface area contributed by atoms with Gasteiger partial charge < -0.3 is 30.5 Å². The number of carboxylic acids is 1. The first-order valence-corrected chi connectivity index (χ1v) is 14.9. The normalized spacial score (nSPS) is 13.0. The fraction of sp³-hybridized carbons (Fsp3) is 0.300. The number of hydrogen-bond acceptors (Lipinski definition) is 8. The number of hydrogen-bond donors (Lipinski definition) is 5. The summed E-state index contributed by atoms with van der Waals surface area (Å²) in [5.41, 5.74) is 2.65. The number of thioether (sulfide) groups is 1. The van der Waals surface area contributed by atoms with Crippen LogP contribution in [0.5, 0.6) is 11.5 Å². The van der Waals surface area contributed by atoms with Gasteiger partial charge in [-0.05, 0) is 72.4 Å². The molecular formula is C30H33N5O7S. The third-order valence-electron chi connectivity index (χ3n) is 6.57. The minimum atomic E-state index is -1.11. The molecule has 0 unspecified atom stereocenters. The Balaban J connectivity index is 1.30. The standard InChI is InChI=1S/C30H33N5O7S/c1-18-3-10-26(31-15-18)35-30(40)33-21-7-4-19(5-8-21)13-27(36)34-23(11-12-43-2)28(37)32-16-22(29(38)39)20-6-9-24-25(14-20)42-17-41-24/h3-10,14-15,22-23H,11-13,16-17H2,1-2H3,(H,32,37)(H,34,36)(H,38,39)(H2,31,33,35,40)/t22-,23+/m1/s1. The Morgan fingerprint density at radius 2 is 1.77 bits per heavy atom. The van der Waals surface area contributed by atoms with E-state index in [0.29, 0.717) is 46.3 Å². The van der Waals surface area contributed by atoms with Crippen molar-refractivity contribution in [2.24, 2.45) is 0 Å². The lowest BCUT2D eigenvalue weighted by atomic mass is 9.98. The smallest absolute Gasteiger partial charge is 0.324 e. The van der Waals surface area contributed by atoms with E-state index in [0.717, 1.165) is 5.56 Å². The second-order valence-corrected chi connectivity index (χ2v) is 10.8. The van der Waals surface area contributed by atoms with E-state index in [4.69, 9.17) is 9.47 Å². The van der Waals surface area contributed by atoms with Crippen molar-refractivity contribution in [3.05, 3.63) is 77.5 Å². The van der Waals surface area contributed by atoms with Gasteiger partial charge in [0.05, 0.1) is 12.3 Å². The Morgan fingerprint density at radius 3 is 2.47 bits per heavy atom. The summed E-state index contributed by atoms with van der Waals surface area (Å²) in [6, 6.07) is 13.9. The molecule has 1 aliphatic heterocycles. The number of rotatable bonds is 13. The van der Waals surface area contributed by atoms with Crippen LogP contribution in [0.4, 0.5) is 16.3 Å². The topological polar surface area (TPSA) is 168 Å². The molecule has 13 heteroatoms. The molecule has 3 aromatic rings.